The summed E-state index contributed by atoms with van der Waals surface area (Å²) in [4.78, 5) is 9.15. The Morgan fingerprint density at radius 3 is 1.19 bits per heavy atom. The number of hydrogen-bond donors (Lipinski definition) is 0. The number of hydrogen-bond acceptors (Lipinski definition) is 8. The first kappa shape index (κ1) is 31.2. The fraction of sp³-hybridized carbons (Fsp3) is 0.300. The molecule has 31 heavy (non-hydrogen) atoms. The number of nitrogens with zero attached hydrogens (tertiary/aromatic N) is 2. The summed E-state index contributed by atoms with van der Waals surface area (Å²) in [5.41, 5.74) is -0.00162. The van der Waals surface area contributed by atoms with Crippen molar-refractivity contribution in [2.24, 2.45) is 9.98 Å². The first-order valence-corrected chi connectivity index (χ1v) is 9.71. The molecule has 2 aromatic carbocycles. The van der Waals surface area contributed by atoms with E-state index in [0.717, 1.165) is 0 Å². The van der Waals surface area contributed by atoms with Crippen molar-refractivity contribution in [1.82, 2.24) is 0 Å². The Morgan fingerprint density at radius 2 is 0.935 bits per heavy atom. The van der Waals surface area contributed by atoms with Gasteiger partial charge in [-0.3, -0.25) is 9.98 Å². The van der Waals surface area contributed by atoms with E-state index >= 15 is 0 Å². The van der Waals surface area contributed by atoms with Crippen molar-refractivity contribution in [3.63, 3.8) is 0 Å². The van der Waals surface area contributed by atoms with Gasteiger partial charge in [0.2, 0.25) is 0 Å². The van der Waals surface area contributed by atoms with Gasteiger partial charge in [0.25, 0.3) is 0 Å². The molecular formula is C20H24ClMnN2O7. The van der Waals surface area contributed by atoms with Crippen LogP contribution in [0.3, 0.4) is 0 Å². The zero-order chi connectivity index (χ0) is 22.3. The summed E-state index contributed by atoms with van der Waals surface area (Å²) >= 11 is 0. The smallest absolute Gasteiger partial charge is 0.872 e. The van der Waals surface area contributed by atoms with Gasteiger partial charge in [-0.2, -0.15) is 0 Å². The van der Waals surface area contributed by atoms with Crippen molar-refractivity contribution >= 4 is 12.4 Å². The molecule has 0 amide bonds. The molecule has 2 rings (SSSR count). The SMILES string of the molecule is CC(C)(N=Cc1ccccc1[O-])C(C)(C)N=Cc1ccccc1[O-].O.[Mn+3].[O-][Cl+3]([O-])([O-])[O-]. The van der Waals surface area contributed by atoms with Gasteiger partial charge in [-0.1, -0.05) is 48.5 Å². The first-order valence-electron chi connectivity index (χ1n) is 8.47. The minimum Gasteiger partial charge on any atom is -0.872 e. The third-order valence-electron chi connectivity index (χ3n) is 4.39. The Kier molecular flexibility index (Phi) is 12.8. The van der Waals surface area contributed by atoms with E-state index in [1.807, 2.05) is 39.8 Å². The van der Waals surface area contributed by atoms with Gasteiger partial charge >= 0.3 is 17.1 Å². The molecule has 0 saturated heterocycles. The van der Waals surface area contributed by atoms with Crippen LogP contribution in [0.15, 0.2) is 58.5 Å². The van der Waals surface area contributed by atoms with E-state index in [9.17, 15) is 10.2 Å². The van der Waals surface area contributed by atoms with E-state index in [4.69, 9.17) is 18.6 Å². The quantitative estimate of drug-likeness (QED) is 0.321. The molecular weight excluding hydrogens is 471 g/mol. The van der Waals surface area contributed by atoms with E-state index in [1.54, 1.807) is 36.7 Å². The van der Waals surface area contributed by atoms with Crippen LogP contribution in [0.2, 0.25) is 0 Å². The number of para-hydroxylation sites is 2. The van der Waals surface area contributed by atoms with Gasteiger partial charge < -0.3 is 15.7 Å². The third-order valence-corrected chi connectivity index (χ3v) is 4.39. The minimum atomic E-state index is -4.94. The van der Waals surface area contributed by atoms with Crippen molar-refractivity contribution in [1.29, 1.82) is 0 Å². The molecule has 0 spiro atoms. The molecule has 0 fully saturated rings. The standard InChI is InChI=1S/C20H24N2O2.ClHO4.Mn.H2O/c1-19(2,21-13-15-9-5-7-11-17(15)23)20(3,4)22-14-16-10-6-8-12-18(16)24;2-1(3,4)5;;/h5-14,23-24H,1-4H3;(H,2,3,4,5);;1H2/q;;+3;/p-3. The van der Waals surface area contributed by atoms with Crippen molar-refractivity contribution < 1.29 is 61.6 Å². The second-order valence-corrected chi connectivity index (χ2v) is 7.84. The van der Waals surface area contributed by atoms with Crippen LogP contribution in [0.5, 0.6) is 11.5 Å². The van der Waals surface area contributed by atoms with Crippen LogP contribution in [0.25, 0.3) is 0 Å². The zero-order valence-electron chi connectivity index (χ0n) is 17.4. The molecule has 170 valence electrons. The molecule has 0 aliphatic carbocycles. The molecule has 0 heterocycles. The molecule has 2 aromatic rings. The van der Waals surface area contributed by atoms with Crippen LogP contribution < -0.4 is 28.8 Å². The fourth-order valence-electron chi connectivity index (χ4n) is 1.95. The van der Waals surface area contributed by atoms with Crippen LogP contribution in [0, 0.1) is 10.2 Å². The van der Waals surface area contributed by atoms with Crippen LogP contribution in [0.1, 0.15) is 38.8 Å². The second kappa shape index (κ2) is 12.7. The van der Waals surface area contributed by atoms with E-state index < -0.39 is 21.3 Å². The molecule has 0 aromatic heterocycles. The molecule has 9 nitrogen and oxygen atoms in total. The molecule has 0 saturated carbocycles. The van der Waals surface area contributed by atoms with Crippen LogP contribution in [-0.4, -0.2) is 29.0 Å². The third kappa shape index (κ3) is 11.3. The molecule has 0 bridgehead atoms. The van der Waals surface area contributed by atoms with E-state index in [0.29, 0.717) is 11.1 Å². The monoisotopic (exact) mass is 494 g/mol. The van der Waals surface area contributed by atoms with Gasteiger partial charge in [-0.25, -0.2) is 18.6 Å². The van der Waals surface area contributed by atoms with Crippen LogP contribution in [-0.2, 0) is 17.1 Å². The van der Waals surface area contributed by atoms with Gasteiger partial charge in [-0.15, -0.1) is 21.7 Å². The number of halogens is 1. The largest absolute Gasteiger partial charge is 3.00 e. The molecule has 0 atom stereocenters. The molecule has 0 aliphatic heterocycles. The first-order chi connectivity index (χ1) is 13.2. The average molecular weight is 495 g/mol. The summed E-state index contributed by atoms with van der Waals surface area (Å²) in [5, 5.41) is 23.6. The van der Waals surface area contributed by atoms with Gasteiger partial charge in [0, 0.05) is 12.4 Å². The van der Waals surface area contributed by atoms with E-state index in [2.05, 4.69) is 9.98 Å². The Balaban J connectivity index is 0. The van der Waals surface area contributed by atoms with Crippen molar-refractivity contribution in [3.05, 3.63) is 59.7 Å². The normalized spacial score (nSPS) is 12.0. The summed E-state index contributed by atoms with van der Waals surface area (Å²) in [7, 11) is -4.94. The average Bonchev–Trinajstić information content (AvgIpc) is 2.59. The number of benzene rings is 2. The zero-order valence-corrected chi connectivity index (χ0v) is 19.3. The predicted octanol–water partition coefficient (Wildman–Crippen LogP) is -2.65. The maximum Gasteiger partial charge on any atom is 3.00 e. The number of rotatable bonds is 5. The topological polar surface area (TPSA) is 195 Å². The summed E-state index contributed by atoms with van der Waals surface area (Å²) in [6.45, 7) is 7.82. The summed E-state index contributed by atoms with van der Waals surface area (Å²) in [6, 6.07) is 13.6. The summed E-state index contributed by atoms with van der Waals surface area (Å²) < 4.78 is 34.0. The van der Waals surface area contributed by atoms with Crippen molar-refractivity contribution in [2.75, 3.05) is 0 Å². The maximum absolute atomic E-state index is 11.8. The van der Waals surface area contributed by atoms with Crippen molar-refractivity contribution in [3.8, 4) is 11.5 Å². The Morgan fingerprint density at radius 1 is 0.677 bits per heavy atom. The van der Waals surface area contributed by atoms with Crippen LogP contribution >= 0.6 is 0 Å². The van der Waals surface area contributed by atoms with E-state index in [1.165, 1.54) is 12.1 Å². The van der Waals surface area contributed by atoms with Gasteiger partial charge in [0.05, 0.1) is 11.1 Å². The van der Waals surface area contributed by atoms with Crippen molar-refractivity contribution in [2.45, 2.75) is 38.8 Å². The van der Waals surface area contributed by atoms with E-state index in [-0.39, 0.29) is 34.0 Å². The molecule has 0 unspecified atom stereocenters. The Hall–Kier alpha value is -2.01. The van der Waals surface area contributed by atoms with Gasteiger partial charge in [0.1, 0.15) is 0 Å². The number of aliphatic imine (C=N–C) groups is 2. The summed E-state index contributed by atoms with van der Waals surface area (Å²) in [5.74, 6) is -0.114. The van der Waals surface area contributed by atoms with Gasteiger partial charge in [0.15, 0.2) is 0 Å². The fourth-order valence-corrected chi connectivity index (χ4v) is 1.95. The molecule has 0 aliphatic rings. The summed E-state index contributed by atoms with van der Waals surface area (Å²) in [6.07, 6.45) is 3.20. The Bertz CT molecular complexity index is 797. The predicted molar refractivity (Wildman–Crippen MR) is 98.7 cm³/mol. The minimum absolute atomic E-state index is 0. The van der Waals surface area contributed by atoms with Gasteiger partial charge in [-0.05, 0) is 38.8 Å². The molecule has 0 radical (unpaired) electrons. The molecule has 2 N–H and O–H groups in total. The second-order valence-electron chi connectivity index (χ2n) is 7.09. The maximum atomic E-state index is 11.8. The Labute approximate surface area is 194 Å². The molecule has 11 heteroatoms. The van der Waals surface area contributed by atoms with Crippen LogP contribution in [0.4, 0.5) is 0 Å².